The molecule has 0 bridgehead atoms. The number of fused-ring (bicyclic) bond motifs is 2. The van der Waals surface area contributed by atoms with Gasteiger partial charge in [0.25, 0.3) is 0 Å². The van der Waals surface area contributed by atoms with Gasteiger partial charge < -0.3 is 24.0 Å². The minimum atomic E-state index is -0.978. The lowest BCUT2D eigenvalue weighted by molar-refractivity contribution is -0.139. The first-order valence-electron chi connectivity index (χ1n) is 18.2. The number of ether oxygens (including phenoxy) is 3. The zero-order valence-corrected chi connectivity index (χ0v) is 31.6. The first-order chi connectivity index (χ1) is 25.0. The molecule has 3 aromatic rings. The van der Waals surface area contributed by atoms with Gasteiger partial charge in [-0.15, -0.1) is 0 Å². The number of hydrogen-bond donors (Lipinski definition) is 1. The van der Waals surface area contributed by atoms with Gasteiger partial charge in [0, 0.05) is 104 Å². The van der Waals surface area contributed by atoms with E-state index in [1.54, 1.807) is 13.8 Å². The van der Waals surface area contributed by atoms with Crippen LogP contribution in [-0.2, 0) is 24.6 Å². The van der Waals surface area contributed by atoms with Crippen LogP contribution in [0.5, 0.6) is 11.5 Å². The van der Waals surface area contributed by atoms with Crippen molar-refractivity contribution < 1.29 is 28.6 Å². The van der Waals surface area contributed by atoms with Crippen molar-refractivity contribution in [1.82, 2.24) is 10.2 Å². The number of nitrogens with zero attached hydrogens (tertiary/aromatic N) is 3. The minimum absolute atomic E-state index is 0.140. The van der Waals surface area contributed by atoms with Crippen molar-refractivity contribution >= 4 is 29.6 Å². The van der Waals surface area contributed by atoms with Crippen molar-refractivity contribution in [2.75, 3.05) is 75.4 Å². The molecular formula is C42H54N4O6. The Balaban J connectivity index is 1.82. The maximum atomic E-state index is 12.7. The minimum Gasteiger partial charge on any atom is -0.461 e. The van der Waals surface area contributed by atoms with Gasteiger partial charge in [-0.1, -0.05) is 49.6 Å². The van der Waals surface area contributed by atoms with Crippen molar-refractivity contribution in [2.45, 2.75) is 47.1 Å². The van der Waals surface area contributed by atoms with Crippen LogP contribution >= 0.6 is 0 Å². The second-order valence-electron chi connectivity index (χ2n) is 12.9. The van der Waals surface area contributed by atoms with Crippen molar-refractivity contribution in [1.29, 1.82) is 0 Å². The highest BCUT2D eigenvalue weighted by Crippen LogP contribution is 2.52. The zero-order valence-electron chi connectivity index (χ0n) is 31.6. The molecule has 1 aliphatic heterocycles. The summed E-state index contributed by atoms with van der Waals surface area (Å²) >= 11 is 0. The van der Waals surface area contributed by atoms with Crippen molar-refractivity contribution in [3.05, 3.63) is 107 Å². The molecule has 3 aromatic carbocycles. The largest absolute Gasteiger partial charge is 0.461 e. The van der Waals surface area contributed by atoms with Crippen LogP contribution in [0.15, 0.2) is 85.0 Å². The number of rotatable bonds is 20. The Kier molecular flexibility index (Phi) is 14.2. The highest BCUT2D eigenvalue weighted by atomic mass is 16.5. The first kappa shape index (κ1) is 39.8. The summed E-state index contributed by atoms with van der Waals surface area (Å²) in [5, 5.41) is 3.91. The van der Waals surface area contributed by atoms with Crippen LogP contribution in [0.25, 0.3) is 0 Å². The summed E-state index contributed by atoms with van der Waals surface area (Å²) in [6.07, 6.45) is 0.903. The van der Waals surface area contributed by atoms with Crippen LogP contribution in [0.2, 0.25) is 0 Å². The number of nitrogens with one attached hydrogen (secondary N) is 1. The topological polar surface area (TPSA) is 101 Å². The summed E-state index contributed by atoms with van der Waals surface area (Å²) in [7, 11) is 0. The van der Waals surface area contributed by atoms with Crippen molar-refractivity contribution in [2.24, 2.45) is 0 Å². The Morgan fingerprint density at radius 3 is 1.65 bits per heavy atom. The summed E-state index contributed by atoms with van der Waals surface area (Å²) < 4.78 is 17.6. The predicted octanol–water partition coefficient (Wildman–Crippen LogP) is 6.72. The molecule has 1 aliphatic rings. The zero-order chi connectivity index (χ0) is 37.8. The Hall–Kier alpha value is -4.93. The predicted molar refractivity (Wildman–Crippen MR) is 208 cm³/mol. The van der Waals surface area contributed by atoms with E-state index in [2.05, 4.69) is 97.3 Å². The molecule has 1 N–H and O–H groups in total. The second-order valence-corrected chi connectivity index (χ2v) is 12.9. The average molecular weight is 711 g/mol. The first-order valence-corrected chi connectivity index (χ1v) is 18.2. The number of hydrogen-bond acceptors (Lipinski definition) is 10. The molecule has 0 amide bonds. The number of benzene rings is 3. The summed E-state index contributed by atoms with van der Waals surface area (Å²) in [4.78, 5) is 43.6. The number of anilines is 2. The Bertz CT molecular complexity index is 1650. The lowest BCUT2D eigenvalue weighted by atomic mass is 9.73. The molecule has 4 rings (SSSR count). The maximum absolute atomic E-state index is 12.7. The molecule has 0 fully saturated rings. The molecule has 0 aromatic heterocycles. The molecule has 10 heteroatoms. The normalized spacial score (nSPS) is 12.6. The molecule has 0 spiro atoms. The Labute approximate surface area is 309 Å². The Morgan fingerprint density at radius 1 is 0.731 bits per heavy atom. The highest BCUT2D eigenvalue weighted by molar-refractivity contribution is 5.87. The van der Waals surface area contributed by atoms with E-state index in [0.717, 1.165) is 60.5 Å². The standard InChI is InChI=1S/C42H54N4O6/c1-9-45(10-2)33-17-19-36-38(27-33)52-39-28-34(46(11-3)12-4)18-20-37(39)42(36,35-16-14-13-15-32(35)29-47)43-21-22-44(23-25-50-40(48)30(5)6)24-26-51-41(49)31(7)8/h13-20,27-29,43H,5,7,9-12,21-26H2,1-4,6,8H3. The third-order valence-corrected chi connectivity index (χ3v) is 9.50. The molecule has 10 nitrogen and oxygen atoms in total. The second kappa shape index (κ2) is 18.5. The van der Waals surface area contributed by atoms with Crippen molar-refractivity contribution in [3.8, 4) is 11.5 Å². The fraction of sp³-hybridized carbons (Fsp3) is 0.405. The van der Waals surface area contributed by atoms with E-state index in [9.17, 15) is 14.4 Å². The van der Waals surface area contributed by atoms with E-state index < -0.39 is 17.5 Å². The van der Waals surface area contributed by atoms with Gasteiger partial charge in [0.1, 0.15) is 36.5 Å². The summed E-state index contributed by atoms with van der Waals surface area (Å²) in [6, 6.07) is 20.3. The van der Waals surface area contributed by atoms with E-state index in [1.807, 2.05) is 24.3 Å². The highest BCUT2D eigenvalue weighted by Gasteiger charge is 2.45. The van der Waals surface area contributed by atoms with Crippen molar-refractivity contribution in [3.63, 3.8) is 0 Å². The third kappa shape index (κ3) is 8.92. The van der Waals surface area contributed by atoms with Gasteiger partial charge in [0.15, 0.2) is 0 Å². The third-order valence-electron chi connectivity index (χ3n) is 9.50. The monoisotopic (exact) mass is 710 g/mol. The van der Waals surface area contributed by atoms with E-state index in [1.165, 1.54) is 0 Å². The number of aldehydes is 1. The van der Waals surface area contributed by atoms with E-state index in [4.69, 9.17) is 14.2 Å². The molecule has 52 heavy (non-hydrogen) atoms. The van der Waals surface area contributed by atoms with Gasteiger partial charge in [0.05, 0.1) is 0 Å². The molecule has 278 valence electrons. The number of carbonyl (C=O) groups is 3. The van der Waals surface area contributed by atoms with Gasteiger partial charge in [-0.2, -0.15) is 0 Å². The summed E-state index contributed by atoms with van der Waals surface area (Å²) in [5.41, 5.74) is 4.90. The van der Waals surface area contributed by atoms with Gasteiger partial charge in [-0.05, 0) is 59.2 Å². The van der Waals surface area contributed by atoms with E-state index in [0.29, 0.717) is 54.4 Å². The average Bonchev–Trinajstić information content (AvgIpc) is 3.14. The molecule has 0 radical (unpaired) electrons. The van der Waals surface area contributed by atoms with Gasteiger partial charge >= 0.3 is 11.9 Å². The molecule has 0 unspecified atom stereocenters. The van der Waals surface area contributed by atoms with Gasteiger partial charge in [-0.3, -0.25) is 15.0 Å². The number of esters is 2. The fourth-order valence-corrected chi connectivity index (χ4v) is 6.68. The smallest absolute Gasteiger partial charge is 0.333 e. The van der Waals surface area contributed by atoms with Gasteiger partial charge in [0.2, 0.25) is 0 Å². The lowest BCUT2D eigenvalue weighted by Gasteiger charge is -2.43. The molecule has 0 atom stereocenters. The van der Waals surface area contributed by atoms with Crippen LogP contribution in [0, 0.1) is 0 Å². The van der Waals surface area contributed by atoms with Crippen LogP contribution in [0.4, 0.5) is 11.4 Å². The molecule has 0 saturated carbocycles. The van der Waals surface area contributed by atoms with E-state index >= 15 is 0 Å². The van der Waals surface area contributed by atoms with Crippen LogP contribution < -0.4 is 19.9 Å². The fourth-order valence-electron chi connectivity index (χ4n) is 6.68. The molecule has 1 heterocycles. The van der Waals surface area contributed by atoms with Gasteiger partial charge in [-0.25, -0.2) is 9.59 Å². The lowest BCUT2D eigenvalue weighted by Crippen LogP contribution is -2.50. The van der Waals surface area contributed by atoms with E-state index in [-0.39, 0.29) is 13.2 Å². The Morgan fingerprint density at radius 2 is 1.21 bits per heavy atom. The van der Waals surface area contributed by atoms with Crippen LogP contribution in [0.3, 0.4) is 0 Å². The molecular weight excluding hydrogens is 656 g/mol. The maximum Gasteiger partial charge on any atom is 0.333 e. The SMILES string of the molecule is C=C(C)C(=O)OCCN(CCNC1(c2ccccc2C=O)c2ccc(N(CC)CC)cc2Oc2cc(N(CC)CC)ccc21)CCOC(=O)C(=C)C. The quantitative estimate of drug-likeness (QED) is 0.0773. The molecule has 0 aliphatic carbocycles. The summed E-state index contributed by atoms with van der Waals surface area (Å²) in [6.45, 7) is 24.5. The van der Waals surface area contributed by atoms with Crippen LogP contribution in [0.1, 0.15) is 68.6 Å². The number of carbonyl (C=O) groups excluding carboxylic acids is 3. The molecule has 0 saturated heterocycles. The van der Waals surface area contributed by atoms with Crippen LogP contribution in [-0.4, -0.2) is 88.7 Å². The summed E-state index contributed by atoms with van der Waals surface area (Å²) in [5.74, 6) is 0.494.